The Morgan fingerprint density at radius 1 is 1.21 bits per heavy atom. The zero-order valence-electron chi connectivity index (χ0n) is 19.2. The highest BCUT2D eigenvalue weighted by Crippen LogP contribution is 2.31. The van der Waals surface area contributed by atoms with Gasteiger partial charge in [0.15, 0.2) is 4.80 Å². The number of hydrogen-bond acceptors (Lipinski definition) is 7. The minimum Gasteiger partial charge on any atom is -0.472 e. The molecule has 7 nitrogen and oxygen atoms in total. The van der Waals surface area contributed by atoms with E-state index in [1.54, 1.807) is 43.1 Å². The molecule has 3 aromatic rings. The third kappa shape index (κ3) is 4.30. The van der Waals surface area contributed by atoms with Gasteiger partial charge in [-0.3, -0.25) is 9.36 Å². The van der Waals surface area contributed by atoms with E-state index in [2.05, 4.69) is 23.7 Å². The Morgan fingerprint density at radius 2 is 1.94 bits per heavy atom. The number of allylic oxidation sites excluding steroid dienone is 1. The van der Waals surface area contributed by atoms with Crippen molar-refractivity contribution in [3.05, 3.63) is 84.9 Å². The monoisotopic (exact) mass is 465 g/mol. The zero-order chi connectivity index (χ0) is 23.5. The Morgan fingerprint density at radius 3 is 2.55 bits per heavy atom. The van der Waals surface area contributed by atoms with Gasteiger partial charge in [-0.05, 0) is 57.5 Å². The summed E-state index contributed by atoms with van der Waals surface area (Å²) in [5.74, 6) is -0.458. The van der Waals surface area contributed by atoms with E-state index in [0.29, 0.717) is 20.6 Å². The minimum atomic E-state index is -0.613. The van der Waals surface area contributed by atoms with Crippen LogP contribution in [0.2, 0.25) is 0 Å². The number of rotatable bonds is 7. The first-order valence-electron chi connectivity index (χ1n) is 11.0. The van der Waals surface area contributed by atoms with Crippen LogP contribution in [0.3, 0.4) is 0 Å². The Balaban J connectivity index is 1.90. The van der Waals surface area contributed by atoms with Crippen molar-refractivity contribution in [2.75, 3.05) is 24.6 Å². The number of fused-ring (bicyclic) bond motifs is 1. The normalized spacial score (nSPS) is 15.9. The minimum absolute atomic E-state index is 0.202. The zero-order valence-corrected chi connectivity index (χ0v) is 20.0. The van der Waals surface area contributed by atoms with Gasteiger partial charge in [-0.1, -0.05) is 23.5 Å². The number of benzene rings is 1. The lowest BCUT2D eigenvalue weighted by Crippen LogP contribution is -2.40. The van der Waals surface area contributed by atoms with Gasteiger partial charge in [0.1, 0.15) is 0 Å². The summed E-state index contributed by atoms with van der Waals surface area (Å²) < 4.78 is 12.6. The first kappa shape index (κ1) is 22.8. The molecule has 8 heteroatoms. The number of furan rings is 1. The molecule has 172 valence electrons. The molecule has 0 unspecified atom stereocenters. The fourth-order valence-electron chi connectivity index (χ4n) is 4.07. The van der Waals surface area contributed by atoms with Gasteiger partial charge in [0, 0.05) is 24.3 Å². The second-order valence-electron chi connectivity index (χ2n) is 7.62. The van der Waals surface area contributed by atoms with Crippen LogP contribution in [0.25, 0.3) is 6.08 Å². The summed E-state index contributed by atoms with van der Waals surface area (Å²) in [5.41, 5.74) is 3.46. The van der Waals surface area contributed by atoms with Crippen LogP contribution in [0, 0.1) is 0 Å². The number of carbonyl (C=O) groups is 1. The fraction of sp³-hybridized carbons (Fsp3) is 0.320. The van der Waals surface area contributed by atoms with Crippen LogP contribution < -0.4 is 19.8 Å². The maximum absolute atomic E-state index is 13.5. The highest BCUT2D eigenvalue weighted by atomic mass is 32.1. The first-order chi connectivity index (χ1) is 16.0. The highest BCUT2D eigenvalue weighted by molar-refractivity contribution is 7.07. The molecule has 0 amide bonds. The van der Waals surface area contributed by atoms with Crippen molar-refractivity contribution in [2.45, 2.75) is 33.7 Å². The molecular formula is C25H27N3O4S. The molecule has 0 N–H and O–H groups in total. The number of carbonyl (C=O) groups excluding carboxylic acids is 1. The van der Waals surface area contributed by atoms with Crippen molar-refractivity contribution >= 4 is 29.1 Å². The van der Waals surface area contributed by atoms with Crippen LogP contribution in [0.4, 0.5) is 5.69 Å². The van der Waals surface area contributed by atoms with Crippen molar-refractivity contribution in [3.8, 4) is 0 Å². The summed E-state index contributed by atoms with van der Waals surface area (Å²) in [7, 11) is 0. The molecule has 2 aromatic heterocycles. The number of hydrogen-bond donors (Lipinski definition) is 0. The lowest BCUT2D eigenvalue weighted by Gasteiger charge is -2.26. The average molecular weight is 466 g/mol. The van der Waals surface area contributed by atoms with Gasteiger partial charge in [0.25, 0.3) is 5.56 Å². The van der Waals surface area contributed by atoms with Gasteiger partial charge < -0.3 is 14.1 Å². The standard InChI is InChI=1S/C25H27N3O4S/c1-5-27(6-2)19-10-8-18(9-11-19)22-21(24(30)32-7-3)16(4)26-25-28(22)23(29)20(33-25)14-17-12-13-31-15-17/h8-15,22H,5-7H2,1-4H3/b20-14+/t22-/m1/s1. The lowest BCUT2D eigenvalue weighted by atomic mass is 9.95. The molecule has 1 aromatic carbocycles. The smallest absolute Gasteiger partial charge is 0.338 e. The summed E-state index contributed by atoms with van der Waals surface area (Å²) >= 11 is 1.30. The lowest BCUT2D eigenvalue weighted by molar-refractivity contribution is -0.139. The Bertz CT molecular complexity index is 1340. The van der Waals surface area contributed by atoms with Crippen LogP contribution in [0.1, 0.15) is 44.9 Å². The predicted octanol–water partition coefficient (Wildman–Crippen LogP) is 3.24. The molecule has 0 saturated carbocycles. The molecule has 0 bridgehead atoms. The van der Waals surface area contributed by atoms with Gasteiger partial charge in [0.05, 0.1) is 41.0 Å². The maximum Gasteiger partial charge on any atom is 0.338 e. The van der Waals surface area contributed by atoms with Crippen molar-refractivity contribution in [1.82, 2.24) is 4.57 Å². The first-order valence-corrected chi connectivity index (χ1v) is 11.9. The molecule has 3 heterocycles. The van der Waals surface area contributed by atoms with E-state index >= 15 is 0 Å². The van der Waals surface area contributed by atoms with Crippen LogP contribution in [0.5, 0.6) is 0 Å². The van der Waals surface area contributed by atoms with Gasteiger partial charge in [-0.2, -0.15) is 0 Å². The van der Waals surface area contributed by atoms with E-state index < -0.39 is 12.0 Å². The summed E-state index contributed by atoms with van der Waals surface area (Å²) in [6.07, 6.45) is 4.92. The second kappa shape index (κ2) is 9.62. The third-order valence-corrected chi connectivity index (χ3v) is 6.68. The van der Waals surface area contributed by atoms with E-state index in [1.165, 1.54) is 11.3 Å². The van der Waals surface area contributed by atoms with Crippen LogP contribution >= 0.6 is 11.3 Å². The molecule has 0 saturated heterocycles. The average Bonchev–Trinajstić information content (AvgIpc) is 3.42. The Kier molecular flexibility index (Phi) is 6.65. The Hall–Kier alpha value is -3.39. The SMILES string of the molecule is CCOC(=O)C1=C(C)N=c2s/c(=C/c3ccoc3)c(=O)n2[C@@H]1c1ccc(N(CC)CC)cc1. The van der Waals surface area contributed by atoms with Crippen LogP contribution in [-0.2, 0) is 9.53 Å². The van der Waals surface area contributed by atoms with Crippen molar-refractivity contribution in [1.29, 1.82) is 0 Å². The van der Waals surface area contributed by atoms with Crippen LogP contribution in [0.15, 0.2) is 68.3 Å². The van der Waals surface area contributed by atoms with E-state index in [-0.39, 0.29) is 12.2 Å². The van der Waals surface area contributed by atoms with Crippen molar-refractivity contribution in [3.63, 3.8) is 0 Å². The van der Waals surface area contributed by atoms with Gasteiger partial charge in [-0.25, -0.2) is 9.79 Å². The largest absolute Gasteiger partial charge is 0.472 e. The predicted molar refractivity (Wildman–Crippen MR) is 129 cm³/mol. The summed E-state index contributed by atoms with van der Waals surface area (Å²) in [6, 6.07) is 9.19. The highest BCUT2D eigenvalue weighted by Gasteiger charge is 2.33. The van der Waals surface area contributed by atoms with Crippen molar-refractivity contribution < 1.29 is 13.9 Å². The van der Waals surface area contributed by atoms with E-state index in [4.69, 9.17) is 9.15 Å². The number of esters is 1. The third-order valence-electron chi connectivity index (χ3n) is 5.70. The molecule has 0 radical (unpaired) electrons. The van der Waals surface area contributed by atoms with Crippen LogP contribution in [-0.4, -0.2) is 30.2 Å². The maximum atomic E-state index is 13.5. The molecule has 0 fully saturated rings. The van der Waals surface area contributed by atoms with Gasteiger partial charge in [-0.15, -0.1) is 0 Å². The summed E-state index contributed by atoms with van der Waals surface area (Å²) in [6.45, 7) is 9.81. The number of thiazole rings is 1. The van der Waals surface area contributed by atoms with E-state index in [0.717, 1.165) is 29.9 Å². The van der Waals surface area contributed by atoms with E-state index in [1.807, 2.05) is 24.3 Å². The second-order valence-corrected chi connectivity index (χ2v) is 8.63. The number of ether oxygens (including phenoxy) is 1. The van der Waals surface area contributed by atoms with Gasteiger partial charge >= 0.3 is 5.97 Å². The molecule has 4 rings (SSSR count). The number of nitrogens with zero attached hydrogens (tertiary/aromatic N) is 3. The molecule has 1 aliphatic rings. The number of aromatic nitrogens is 1. The molecule has 0 spiro atoms. The van der Waals surface area contributed by atoms with Gasteiger partial charge in [0.2, 0.25) is 0 Å². The molecular weight excluding hydrogens is 438 g/mol. The quantitative estimate of drug-likeness (QED) is 0.501. The summed E-state index contributed by atoms with van der Waals surface area (Å²) in [5, 5.41) is 0. The topological polar surface area (TPSA) is 77.0 Å². The van der Waals surface area contributed by atoms with E-state index in [9.17, 15) is 9.59 Å². The molecule has 1 aliphatic heterocycles. The number of anilines is 1. The van der Waals surface area contributed by atoms with Crippen molar-refractivity contribution in [2.24, 2.45) is 4.99 Å². The fourth-order valence-corrected chi connectivity index (χ4v) is 5.12. The Labute approximate surface area is 195 Å². The summed E-state index contributed by atoms with van der Waals surface area (Å²) in [4.78, 5) is 33.9. The molecule has 1 atom stereocenters. The molecule has 0 aliphatic carbocycles. The molecule has 33 heavy (non-hydrogen) atoms.